The van der Waals surface area contributed by atoms with Gasteiger partial charge >= 0.3 is 11.8 Å². The van der Waals surface area contributed by atoms with Gasteiger partial charge in [0.2, 0.25) is 6.67 Å². The van der Waals surface area contributed by atoms with Gasteiger partial charge in [0.1, 0.15) is 34.6 Å². The van der Waals surface area contributed by atoms with Gasteiger partial charge in [-0.05, 0) is 19.9 Å². The first-order chi connectivity index (χ1) is 28.3. The Kier molecular flexibility index (Phi) is 12.5. The standard InChI is InChI=1S/C46H54N2O12/c1-23-14-13-15-24(2)45(56)48-22-47(20-30-16-11-10-12-17-30)21-31-36(48)41(54)34-33(40(31)53)35-43(28(6)39(34)52)60-46(8,44(35)55)58-19-18-32(57-9)25(3)42(59-29(7)49)27(5)38(51)26(4)37(23)50/h10-19,21,23,25-27,32,37-38,42,50-51H,20,22H2,1-9H3,(H2,52,54,55)/p+1. The SMILES string of the molecule is COC1C=COC2(C)Oc3c(C)c(O)c4c(O)c5c(c(O)c4c3C2=O)C=[N+](Cc2ccccc2)CN5C(=O)C(C)=CC=CC(C)C(O)C(C)C(O)C(C)C(OC(C)=O)C1C. The maximum absolute atomic E-state index is 14.5. The molecule has 1 amide bonds. The van der Waals surface area contributed by atoms with E-state index < -0.39 is 88.8 Å². The van der Waals surface area contributed by atoms with Crippen LogP contribution in [0.5, 0.6) is 23.0 Å². The van der Waals surface area contributed by atoms with E-state index in [0.29, 0.717) is 6.54 Å². The van der Waals surface area contributed by atoms with E-state index in [1.54, 1.807) is 63.6 Å². The highest BCUT2D eigenvalue weighted by atomic mass is 16.7. The molecule has 9 unspecified atom stereocenters. The summed E-state index contributed by atoms with van der Waals surface area (Å²) < 4.78 is 25.5. The number of methoxy groups -OCH3 is 1. The number of aromatic hydroxyl groups is 3. The van der Waals surface area contributed by atoms with E-state index in [2.05, 4.69) is 0 Å². The molecule has 0 aliphatic carbocycles. The van der Waals surface area contributed by atoms with Crippen LogP contribution in [0.3, 0.4) is 0 Å². The van der Waals surface area contributed by atoms with Crippen molar-refractivity contribution in [3.05, 3.63) is 88.7 Å². The molecule has 14 nitrogen and oxygen atoms in total. The van der Waals surface area contributed by atoms with E-state index in [1.165, 1.54) is 45.1 Å². The summed E-state index contributed by atoms with van der Waals surface area (Å²) in [7, 11) is 1.44. The van der Waals surface area contributed by atoms with E-state index in [4.69, 9.17) is 18.9 Å². The Morgan fingerprint density at radius 1 is 0.933 bits per heavy atom. The Morgan fingerprint density at radius 3 is 2.27 bits per heavy atom. The van der Waals surface area contributed by atoms with E-state index in [-0.39, 0.29) is 51.1 Å². The number of allylic oxidation sites excluding steroid dienone is 2. The molecule has 0 saturated carbocycles. The molecule has 4 aliphatic heterocycles. The van der Waals surface area contributed by atoms with Crippen LogP contribution >= 0.6 is 0 Å². The highest BCUT2D eigenvalue weighted by Gasteiger charge is 2.50. The lowest BCUT2D eigenvalue weighted by molar-refractivity contribution is -0.538. The molecule has 5 N–H and O–H groups in total. The summed E-state index contributed by atoms with van der Waals surface area (Å²) in [4.78, 5) is 42.6. The van der Waals surface area contributed by atoms with Crippen LogP contribution in [-0.2, 0) is 30.3 Å². The summed E-state index contributed by atoms with van der Waals surface area (Å²) >= 11 is 0. The largest absolute Gasteiger partial charge is 0.507 e. The fraction of sp³-hybridized carbons (Fsp3) is 0.435. The number of ether oxygens (including phenoxy) is 4. The van der Waals surface area contributed by atoms with Gasteiger partial charge in [-0.25, -0.2) is 9.48 Å². The lowest BCUT2D eigenvalue weighted by atomic mass is 9.78. The zero-order valence-electron chi connectivity index (χ0n) is 35.4. The number of anilines is 1. The van der Waals surface area contributed by atoms with E-state index in [1.807, 2.05) is 30.3 Å². The minimum absolute atomic E-state index is 0.0266. The first-order valence-electron chi connectivity index (χ1n) is 20.0. The molecular weight excluding hydrogens is 773 g/mol. The Labute approximate surface area is 349 Å². The first kappa shape index (κ1) is 43.9. The highest BCUT2D eigenvalue weighted by molar-refractivity contribution is 6.24. The molecule has 4 heterocycles. The average Bonchev–Trinajstić information content (AvgIpc) is 3.49. The molecule has 0 saturated heterocycles. The number of nitrogens with zero attached hydrogens (tertiary/aromatic N) is 2. The number of aliphatic hydroxyl groups is 2. The highest BCUT2D eigenvalue weighted by Crippen LogP contribution is 2.56. The van der Waals surface area contributed by atoms with Crippen LogP contribution in [-0.4, -0.2) is 98.0 Å². The molecule has 3 aromatic carbocycles. The number of phenols is 3. The van der Waals surface area contributed by atoms with Crippen LogP contribution in [0.15, 0.2) is 66.5 Å². The van der Waals surface area contributed by atoms with Gasteiger partial charge in [-0.2, -0.15) is 0 Å². The van der Waals surface area contributed by atoms with E-state index in [9.17, 15) is 39.9 Å². The molecule has 0 radical (unpaired) electrons. The number of ketones is 1. The second kappa shape index (κ2) is 17.1. The van der Waals surface area contributed by atoms with Crippen LogP contribution in [0.25, 0.3) is 10.8 Å². The molecular formula is C46H55N2O12+. The van der Waals surface area contributed by atoms with Crippen LogP contribution in [0.2, 0.25) is 0 Å². The van der Waals surface area contributed by atoms with Gasteiger partial charge in [-0.15, -0.1) is 0 Å². The number of amides is 1. The quantitative estimate of drug-likeness (QED) is 0.122. The molecule has 14 heteroatoms. The minimum atomic E-state index is -2.03. The number of fused-ring (bicyclic) bond motifs is 12. The van der Waals surface area contributed by atoms with Crippen LogP contribution in [0.4, 0.5) is 5.69 Å². The third-order valence-corrected chi connectivity index (χ3v) is 12.1. The number of carbonyl (C=O) groups is 3. The average molecular weight is 828 g/mol. The van der Waals surface area contributed by atoms with Gasteiger partial charge in [-0.1, -0.05) is 76.3 Å². The summed E-state index contributed by atoms with van der Waals surface area (Å²) in [6.07, 6.45) is 5.34. The minimum Gasteiger partial charge on any atom is -0.507 e. The number of rotatable bonds is 4. The zero-order chi connectivity index (χ0) is 44.0. The Bertz CT molecular complexity index is 2320. The predicted octanol–water partition coefficient (Wildman–Crippen LogP) is 5.75. The number of aliphatic hydroxyl groups excluding tert-OH is 2. The second-order valence-corrected chi connectivity index (χ2v) is 16.4. The predicted molar refractivity (Wildman–Crippen MR) is 223 cm³/mol. The van der Waals surface area contributed by atoms with Gasteiger partial charge in [0.25, 0.3) is 11.7 Å². The van der Waals surface area contributed by atoms with Crippen molar-refractivity contribution in [2.24, 2.45) is 23.7 Å². The topological polar surface area (TPSA) is 196 Å². The lowest BCUT2D eigenvalue weighted by Crippen LogP contribution is -2.46. The monoisotopic (exact) mass is 827 g/mol. The molecule has 3 aromatic rings. The summed E-state index contributed by atoms with van der Waals surface area (Å²) in [5.41, 5.74) is 1.03. The summed E-state index contributed by atoms with van der Waals surface area (Å²) in [6, 6.07) is 9.46. The van der Waals surface area contributed by atoms with Crippen molar-refractivity contribution in [2.45, 2.75) is 92.1 Å². The molecule has 7 bridgehead atoms. The Balaban J connectivity index is 1.56. The van der Waals surface area contributed by atoms with Crippen molar-refractivity contribution < 1.29 is 63.4 Å². The smallest absolute Gasteiger partial charge is 0.312 e. The number of Topliss-reactive ketones (excluding diaryl/α,β-unsaturated/α-hetero) is 1. The first-order valence-corrected chi connectivity index (χ1v) is 20.0. The van der Waals surface area contributed by atoms with Crippen molar-refractivity contribution in [1.82, 2.24) is 0 Å². The normalized spacial score (nSPS) is 28.7. The van der Waals surface area contributed by atoms with Gasteiger partial charge in [0.15, 0.2) is 18.5 Å². The van der Waals surface area contributed by atoms with Gasteiger partial charge in [0.05, 0.1) is 35.5 Å². The van der Waals surface area contributed by atoms with E-state index in [0.717, 1.165) is 5.56 Å². The van der Waals surface area contributed by atoms with Crippen molar-refractivity contribution in [3.8, 4) is 23.0 Å². The molecule has 0 spiro atoms. The molecule has 0 aromatic heterocycles. The fourth-order valence-electron chi connectivity index (χ4n) is 8.55. The molecule has 4 aliphatic rings. The van der Waals surface area contributed by atoms with Gasteiger partial charge in [-0.3, -0.25) is 14.4 Å². The summed E-state index contributed by atoms with van der Waals surface area (Å²) in [5, 5.41) is 58.6. The molecule has 0 fully saturated rings. The van der Waals surface area contributed by atoms with Crippen LogP contribution in [0, 0.1) is 30.6 Å². The van der Waals surface area contributed by atoms with Crippen molar-refractivity contribution in [3.63, 3.8) is 0 Å². The third-order valence-electron chi connectivity index (χ3n) is 12.1. The fourth-order valence-corrected chi connectivity index (χ4v) is 8.55. The Morgan fingerprint density at radius 2 is 1.62 bits per heavy atom. The van der Waals surface area contributed by atoms with Crippen molar-refractivity contribution in [1.29, 1.82) is 0 Å². The van der Waals surface area contributed by atoms with Crippen molar-refractivity contribution >= 4 is 40.3 Å². The molecule has 60 heavy (non-hydrogen) atoms. The van der Waals surface area contributed by atoms with Gasteiger partial charge in [0, 0.05) is 66.7 Å². The number of esters is 1. The zero-order valence-corrected chi connectivity index (χ0v) is 35.4. The second-order valence-electron chi connectivity index (χ2n) is 16.4. The number of carbonyl (C=O) groups excluding carboxylic acids is 3. The van der Waals surface area contributed by atoms with E-state index >= 15 is 0 Å². The molecule has 7 rings (SSSR count). The maximum Gasteiger partial charge on any atom is 0.312 e. The lowest BCUT2D eigenvalue weighted by Gasteiger charge is -2.38. The summed E-state index contributed by atoms with van der Waals surface area (Å²) in [5.74, 6) is -7.91. The Hall–Kier alpha value is -5.70. The number of phenolic OH excluding ortho intramolecular Hbond substituents is 3. The van der Waals surface area contributed by atoms with Crippen molar-refractivity contribution in [2.75, 3.05) is 18.7 Å². The number of hydrogen-bond donors (Lipinski definition) is 5. The number of benzene rings is 3. The molecule has 9 atom stereocenters. The van der Waals surface area contributed by atoms with Crippen LogP contribution < -0.4 is 9.64 Å². The molecule has 320 valence electrons. The third kappa shape index (κ3) is 7.86. The van der Waals surface area contributed by atoms with Crippen LogP contribution in [0.1, 0.15) is 75.5 Å². The number of hydrogen-bond acceptors (Lipinski definition) is 12. The van der Waals surface area contributed by atoms with Gasteiger partial charge < -0.3 is 44.5 Å². The maximum atomic E-state index is 14.5. The summed E-state index contributed by atoms with van der Waals surface area (Å²) in [6.45, 7) is 12.9.